The van der Waals surface area contributed by atoms with Gasteiger partial charge in [0, 0.05) is 36.8 Å². The van der Waals surface area contributed by atoms with Gasteiger partial charge in [0.2, 0.25) is 0 Å². The second-order valence-electron chi connectivity index (χ2n) is 7.90. The molecule has 25 heavy (non-hydrogen) atoms. The van der Waals surface area contributed by atoms with Crippen LogP contribution in [0.5, 0.6) is 0 Å². The van der Waals surface area contributed by atoms with Gasteiger partial charge in [-0.25, -0.2) is 4.98 Å². The van der Waals surface area contributed by atoms with Crippen molar-refractivity contribution in [1.82, 2.24) is 9.88 Å². The molecule has 0 aliphatic carbocycles. The van der Waals surface area contributed by atoms with Crippen LogP contribution in [0.15, 0.2) is 6.20 Å². The Morgan fingerprint density at radius 1 is 1.28 bits per heavy atom. The zero-order valence-electron chi connectivity index (χ0n) is 15.6. The van der Waals surface area contributed by atoms with Gasteiger partial charge in [-0.1, -0.05) is 20.3 Å². The summed E-state index contributed by atoms with van der Waals surface area (Å²) in [5, 5.41) is 1.24. The Balaban J connectivity index is 1.56. The van der Waals surface area contributed by atoms with Gasteiger partial charge in [0.15, 0.2) is 5.13 Å². The van der Waals surface area contributed by atoms with E-state index in [1.807, 2.05) is 34.3 Å². The summed E-state index contributed by atoms with van der Waals surface area (Å²) in [6, 6.07) is 0.728. The Kier molecular flexibility index (Phi) is 7.82. The predicted octanol–water partition coefficient (Wildman–Crippen LogP) is 5.09. The third-order valence-corrected chi connectivity index (χ3v) is 7.44. The van der Waals surface area contributed by atoms with Gasteiger partial charge in [0.25, 0.3) is 0 Å². The van der Waals surface area contributed by atoms with Crippen LogP contribution in [0.3, 0.4) is 0 Å². The summed E-state index contributed by atoms with van der Waals surface area (Å²) in [6.07, 6.45) is 10.0. The van der Waals surface area contributed by atoms with Gasteiger partial charge in [-0.2, -0.15) is 0 Å². The van der Waals surface area contributed by atoms with E-state index in [0.717, 1.165) is 18.6 Å². The second-order valence-corrected chi connectivity index (χ2v) is 9.56. The first-order chi connectivity index (χ1) is 12.2. The van der Waals surface area contributed by atoms with Crippen molar-refractivity contribution in [2.75, 3.05) is 37.7 Å². The van der Waals surface area contributed by atoms with Gasteiger partial charge in [-0.3, -0.25) is 4.90 Å². The lowest BCUT2D eigenvalue weighted by Crippen LogP contribution is -2.46. The summed E-state index contributed by atoms with van der Waals surface area (Å²) in [4.78, 5) is 11.4. The van der Waals surface area contributed by atoms with Crippen LogP contribution in [0, 0.1) is 5.92 Å². The molecule has 3 heterocycles. The minimum absolute atomic E-state index is 0.584. The first-order valence-electron chi connectivity index (χ1n) is 9.85. The minimum atomic E-state index is 0.584. The van der Waals surface area contributed by atoms with E-state index in [4.69, 9.17) is 8.05 Å². The molecule has 0 N–H and O–H groups in total. The summed E-state index contributed by atoms with van der Waals surface area (Å²) in [5.74, 6) is 1.36. The molecule has 0 bridgehead atoms. The minimum Gasteiger partial charge on any atom is -0.348 e. The van der Waals surface area contributed by atoms with Crippen molar-refractivity contribution < 1.29 is 3.07 Å². The molecule has 2 atom stereocenters. The van der Waals surface area contributed by atoms with Gasteiger partial charge < -0.3 is 7.97 Å². The highest BCUT2D eigenvalue weighted by atomic mass is 127. The lowest BCUT2D eigenvalue weighted by Gasteiger charge is -2.40. The number of hydrogen-bond acceptors (Lipinski definition) is 5. The molecule has 0 spiro atoms. The predicted molar refractivity (Wildman–Crippen MR) is 115 cm³/mol. The van der Waals surface area contributed by atoms with E-state index < -0.39 is 0 Å². The summed E-state index contributed by atoms with van der Waals surface area (Å²) in [7, 11) is 0. The van der Waals surface area contributed by atoms with Gasteiger partial charge in [0.05, 0.1) is 6.61 Å². The number of likely N-dealkylation sites (tertiary alicyclic amines) is 1. The zero-order valence-corrected chi connectivity index (χ0v) is 18.6. The maximum Gasteiger partial charge on any atom is 0.185 e. The van der Waals surface area contributed by atoms with Crippen molar-refractivity contribution in [2.24, 2.45) is 5.92 Å². The molecule has 2 fully saturated rings. The highest BCUT2D eigenvalue weighted by Crippen LogP contribution is 2.32. The van der Waals surface area contributed by atoms with Crippen molar-refractivity contribution >= 4 is 39.5 Å². The summed E-state index contributed by atoms with van der Waals surface area (Å²) in [6.45, 7) is 10.3. The zero-order chi connectivity index (χ0) is 17.6. The average molecular weight is 477 g/mol. The largest absolute Gasteiger partial charge is 0.348 e. The molecule has 0 aromatic carbocycles. The number of rotatable bonds is 7. The number of halogens is 1. The molecule has 0 amide bonds. The molecule has 2 aliphatic heterocycles. The van der Waals surface area contributed by atoms with Crippen molar-refractivity contribution in [2.45, 2.75) is 64.3 Å². The lowest BCUT2D eigenvalue weighted by atomic mass is 9.93. The Labute approximate surface area is 171 Å². The molecule has 6 heteroatoms. The van der Waals surface area contributed by atoms with Crippen LogP contribution in [0.25, 0.3) is 0 Å². The van der Waals surface area contributed by atoms with E-state index in [2.05, 4.69) is 29.8 Å². The molecule has 3 rings (SSSR count). The number of nitrogens with zero attached hydrogens (tertiary/aromatic N) is 3. The molecule has 1 aromatic rings. The van der Waals surface area contributed by atoms with E-state index in [0.29, 0.717) is 5.92 Å². The summed E-state index contributed by atoms with van der Waals surface area (Å²) >= 11 is 3.92. The maximum absolute atomic E-state index is 5.31. The van der Waals surface area contributed by atoms with Crippen molar-refractivity contribution in [3.63, 3.8) is 0 Å². The molecule has 0 unspecified atom stereocenters. The van der Waals surface area contributed by atoms with E-state index in [1.54, 1.807) is 0 Å². The number of thiazole rings is 1. The van der Waals surface area contributed by atoms with Crippen LogP contribution >= 0.6 is 34.3 Å². The standard InChI is InChI=1S/C19H32IN3OS/c1-15(2)18-12-21-19(25-18)23-10-5-6-16(14-23)13-22-9-4-3-7-17(22)8-11-24-20/h12,15-17H,3-11,13-14H2,1-2H3/t16-,17+/m1/s1. The quantitative estimate of drug-likeness (QED) is 0.512. The van der Waals surface area contributed by atoms with Crippen molar-refractivity contribution in [3.8, 4) is 0 Å². The van der Waals surface area contributed by atoms with E-state index in [1.165, 1.54) is 74.7 Å². The molecular formula is C19H32IN3OS. The molecule has 2 aliphatic rings. The van der Waals surface area contributed by atoms with Crippen LogP contribution in [0.4, 0.5) is 5.13 Å². The van der Waals surface area contributed by atoms with Gasteiger partial charge in [-0.05, 0) is 50.5 Å². The molecule has 0 saturated carbocycles. The normalized spacial score (nSPS) is 25.7. The number of aromatic nitrogens is 1. The Morgan fingerprint density at radius 2 is 2.16 bits per heavy atom. The fourth-order valence-electron chi connectivity index (χ4n) is 4.22. The highest BCUT2D eigenvalue weighted by Gasteiger charge is 2.28. The van der Waals surface area contributed by atoms with Crippen molar-refractivity contribution in [1.29, 1.82) is 0 Å². The third kappa shape index (κ3) is 5.53. The Bertz CT molecular complexity index is 525. The van der Waals surface area contributed by atoms with Crippen LogP contribution in [0.1, 0.15) is 63.2 Å². The maximum atomic E-state index is 5.31. The van der Waals surface area contributed by atoms with E-state index in [9.17, 15) is 0 Å². The van der Waals surface area contributed by atoms with Gasteiger partial charge in [-0.15, -0.1) is 11.3 Å². The van der Waals surface area contributed by atoms with Crippen LogP contribution < -0.4 is 4.90 Å². The van der Waals surface area contributed by atoms with Crippen LogP contribution in [-0.2, 0) is 3.07 Å². The summed E-state index contributed by atoms with van der Waals surface area (Å²) in [5.41, 5.74) is 0. The third-order valence-electron chi connectivity index (χ3n) is 5.64. The number of piperidine rings is 2. The molecule has 4 nitrogen and oxygen atoms in total. The smallest absolute Gasteiger partial charge is 0.185 e. The topological polar surface area (TPSA) is 28.6 Å². The first kappa shape index (κ1) is 19.8. The van der Waals surface area contributed by atoms with E-state index >= 15 is 0 Å². The second kappa shape index (κ2) is 9.85. The average Bonchev–Trinajstić information content (AvgIpc) is 3.12. The fraction of sp³-hybridized carbons (Fsp3) is 0.842. The fourth-order valence-corrected chi connectivity index (χ4v) is 5.42. The Hall–Kier alpha value is 0.0800. The number of hydrogen-bond donors (Lipinski definition) is 0. The van der Waals surface area contributed by atoms with E-state index in [-0.39, 0.29) is 0 Å². The first-order valence-corrected chi connectivity index (χ1v) is 11.6. The molecule has 1 aromatic heterocycles. The Morgan fingerprint density at radius 3 is 2.92 bits per heavy atom. The molecule has 2 saturated heterocycles. The van der Waals surface area contributed by atoms with Crippen LogP contribution in [-0.4, -0.2) is 48.7 Å². The summed E-state index contributed by atoms with van der Waals surface area (Å²) < 4.78 is 5.31. The molecular weight excluding hydrogens is 445 g/mol. The van der Waals surface area contributed by atoms with Crippen molar-refractivity contribution in [3.05, 3.63) is 11.1 Å². The van der Waals surface area contributed by atoms with Gasteiger partial charge in [0.1, 0.15) is 23.0 Å². The van der Waals surface area contributed by atoms with Gasteiger partial charge >= 0.3 is 0 Å². The van der Waals surface area contributed by atoms with Crippen LogP contribution in [0.2, 0.25) is 0 Å². The monoisotopic (exact) mass is 477 g/mol. The molecule has 0 radical (unpaired) electrons. The number of anilines is 1. The SMILES string of the molecule is CC(C)c1cnc(N2CCC[C@H](CN3CCCC[C@H]3CCOI)C2)s1. The molecule has 142 valence electrons. The highest BCUT2D eigenvalue weighted by molar-refractivity contribution is 14.1. The lowest BCUT2D eigenvalue weighted by molar-refractivity contribution is 0.106.